The Morgan fingerprint density at radius 3 is 2.76 bits per heavy atom. The molecule has 3 nitrogen and oxygen atoms in total. The second kappa shape index (κ2) is 5.35. The number of aryl methyl sites for hydroxylation is 1. The summed E-state index contributed by atoms with van der Waals surface area (Å²) in [4.78, 5) is 0.335. The van der Waals surface area contributed by atoms with Gasteiger partial charge in [0.1, 0.15) is 0 Å². The number of halogens is 1. The molecule has 1 atom stereocenters. The van der Waals surface area contributed by atoms with Crippen LogP contribution in [-0.4, -0.2) is 14.7 Å². The van der Waals surface area contributed by atoms with Crippen LogP contribution in [0.4, 0.5) is 5.69 Å². The highest BCUT2D eigenvalue weighted by molar-refractivity contribution is 7.90. The molecular formula is C16H16ClNO2S. The fourth-order valence-corrected chi connectivity index (χ4v) is 3.62. The molecule has 1 aliphatic carbocycles. The summed E-state index contributed by atoms with van der Waals surface area (Å²) in [7, 11) is -3.18. The standard InChI is InChI=1S/C16H16ClNO2S/c1-21(19,20)14-4-2-3-13(10-14)18-16-8-5-11-9-12(17)6-7-15(11)16/h2-4,6-7,9-10,16,18H,5,8H2,1H3. The van der Waals surface area contributed by atoms with Crippen molar-refractivity contribution in [2.24, 2.45) is 0 Å². The summed E-state index contributed by atoms with van der Waals surface area (Å²) >= 11 is 6.02. The SMILES string of the molecule is CS(=O)(=O)c1cccc(NC2CCc3cc(Cl)ccc32)c1. The first-order valence-electron chi connectivity index (χ1n) is 6.78. The zero-order valence-corrected chi connectivity index (χ0v) is 13.2. The Kier molecular flexibility index (Phi) is 3.68. The minimum absolute atomic E-state index is 0.201. The lowest BCUT2D eigenvalue weighted by Crippen LogP contribution is -2.07. The molecule has 21 heavy (non-hydrogen) atoms. The Morgan fingerprint density at radius 1 is 1.19 bits per heavy atom. The molecule has 5 heteroatoms. The van der Waals surface area contributed by atoms with Gasteiger partial charge in [-0.2, -0.15) is 0 Å². The summed E-state index contributed by atoms with van der Waals surface area (Å²) in [5.41, 5.74) is 3.33. The number of hydrogen-bond donors (Lipinski definition) is 1. The van der Waals surface area contributed by atoms with E-state index in [2.05, 4.69) is 5.32 Å². The van der Waals surface area contributed by atoms with Gasteiger partial charge in [-0.05, 0) is 54.3 Å². The average molecular weight is 322 g/mol. The Hall–Kier alpha value is -1.52. The molecule has 2 aromatic carbocycles. The van der Waals surface area contributed by atoms with Crippen molar-refractivity contribution in [2.45, 2.75) is 23.8 Å². The van der Waals surface area contributed by atoms with Gasteiger partial charge in [0.25, 0.3) is 0 Å². The molecule has 1 N–H and O–H groups in total. The van der Waals surface area contributed by atoms with Gasteiger partial charge >= 0.3 is 0 Å². The molecule has 0 amide bonds. The van der Waals surface area contributed by atoms with Crippen LogP contribution in [0.15, 0.2) is 47.4 Å². The molecular weight excluding hydrogens is 306 g/mol. The first-order valence-corrected chi connectivity index (χ1v) is 9.05. The van der Waals surface area contributed by atoms with Crippen molar-refractivity contribution in [1.82, 2.24) is 0 Å². The number of nitrogens with one attached hydrogen (secondary N) is 1. The quantitative estimate of drug-likeness (QED) is 0.934. The van der Waals surface area contributed by atoms with Gasteiger partial charge in [0, 0.05) is 17.0 Å². The van der Waals surface area contributed by atoms with Crippen molar-refractivity contribution in [1.29, 1.82) is 0 Å². The lowest BCUT2D eigenvalue weighted by Gasteiger charge is -2.16. The smallest absolute Gasteiger partial charge is 0.175 e. The average Bonchev–Trinajstić information content (AvgIpc) is 2.80. The Balaban J connectivity index is 1.87. The van der Waals surface area contributed by atoms with Crippen LogP contribution in [0.5, 0.6) is 0 Å². The third-order valence-corrected chi connectivity index (χ3v) is 5.13. The van der Waals surface area contributed by atoms with Crippen LogP contribution in [0.1, 0.15) is 23.6 Å². The van der Waals surface area contributed by atoms with E-state index in [4.69, 9.17) is 11.6 Å². The zero-order chi connectivity index (χ0) is 15.0. The Bertz CT molecular complexity index is 787. The molecule has 0 fully saturated rings. The maximum absolute atomic E-state index is 11.6. The molecule has 3 rings (SSSR count). The molecule has 0 saturated heterocycles. The molecule has 1 unspecified atom stereocenters. The van der Waals surface area contributed by atoms with Crippen LogP contribution in [0, 0.1) is 0 Å². The van der Waals surface area contributed by atoms with Crippen LogP contribution >= 0.6 is 11.6 Å². The van der Waals surface area contributed by atoms with Crippen LogP contribution in [0.2, 0.25) is 5.02 Å². The van der Waals surface area contributed by atoms with Gasteiger partial charge in [0.05, 0.1) is 10.9 Å². The molecule has 110 valence electrons. The highest BCUT2D eigenvalue weighted by Crippen LogP contribution is 2.35. The third-order valence-electron chi connectivity index (χ3n) is 3.79. The zero-order valence-electron chi connectivity index (χ0n) is 11.6. The number of anilines is 1. The van der Waals surface area contributed by atoms with Crippen LogP contribution in [-0.2, 0) is 16.3 Å². The molecule has 0 heterocycles. The maximum Gasteiger partial charge on any atom is 0.175 e. The van der Waals surface area contributed by atoms with Gasteiger partial charge < -0.3 is 5.32 Å². The summed E-state index contributed by atoms with van der Waals surface area (Å²) in [6, 6.07) is 13.1. The largest absolute Gasteiger partial charge is 0.378 e. The van der Waals surface area contributed by atoms with Gasteiger partial charge in [-0.25, -0.2) is 8.42 Å². The molecule has 2 aromatic rings. The number of hydrogen-bond acceptors (Lipinski definition) is 3. The molecule has 0 radical (unpaired) electrons. The van der Waals surface area contributed by atoms with Crippen molar-refractivity contribution < 1.29 is 8.42 Å². The molecule has 0 aliphatic heterocycles. The van der Waals surface area contributed by atoms with Gasteiger partial charge in [0.2, 0.25) is 0 Å². The second-order valence-electron chi connectivity index (χ2n) is 5.38. The highest BCUT2D eigenvalue weighted by Gasteiger charge is 2.22. The minimum atomic E-state index is -3.18. The normalized spacial score (nSPS) is 17.5. The minimum Gasteiger partial charge on any atom is -0.378 e. The summed E-state index contributed by atoms with van der Waals surface area (Å²) < 4.78 is 23.2. The fourth-order valence-electron chi connectivity index (χ4n) is 2.75. The van der Waals surface area contributed by atoms with Crippen LogP contribution < -0.4 is 5.32 Å². The van der Waals surface area contributed by atoms with Crippen molar-refractivity contribution in [3.8, 4) is 0 Å². The Morgan fingerprint density at radius 2 is 2.00 bits per heavy atom. The number of fused-ring (bicyclic) bond motifs is 1. The summed E-state index contributed by atoms with van der Waals surface area (Å²) in [5, 5.41) is 4.18. The molecule has 0 bridgehead atoms. The Labute approximate surface area is 129 Å². The lowest BCUT2D eigenvalue weighted by molar-refractivity contribution is 0.602. The van der Waals surface area contributed by atoms with E-state index in [9.17, 15) is 8.42 Å². The highest BCUT2D eigenvalue weighted by atomic mass is 35.5. The molecule has 1 aliphatic rings. The van der Waals surface area contributed by atoms with E-state index in [0.29, 0.717) is 4.90 Å². The first-order chi connectivity index (χ1) is 9.93. The topological polar surface area (TPSA) is 46.2 Å². The predicted octanol–water partition coefficient (Wildman–Crippen LogP) is 3.84. The van der Waals surface area contributed by atoms with Gasteiger partial charge in [-0.3, -0.25) is 0 Å². The lowest BCUT2D eigenvalue weighted by atomic mass is 10.1. The van der Waals surface area contributed by atoms with Crippen molar-refractivity contribution in [3.63, 3.8) is 0 Å². The van der Waals surface area contributed by atoms with Gasteiger partial charge in [-0.1, -0.05) is 23.7 Å². The number of rotatable bonds is 3. The number of sulfone groups is 1. The van der Waals surface area contributed by atoms with Crippen molar-refractivity contribution in [2.75, 3.05) is 11.6 Å². The van der Waals surface area contributed by atoms with Crippen LogP contribution in [0.25, 0.3) is 0 Å². The summed E-state index contributed by atoms with van der Waals surface area (Å²) in [6.45, 7) is 0. The van der Waals surface area contributed by atoms with Gasteiger partial charge in [0.15, 0.2) is 9.84 Å². The fraction of sp³-hybridized carbons (Fsp3) is 0.250. The molecule has 0 spiro atoms. The van der Waals surface area contributed by atoms with Crippen molar-refractivity contribution in [3.05, 3.63) is 58.6 Å². The number of benzene rings is 2. The van der Waals surface area contributed by atoms with Crippen LogP contribution in [0.3, 0.4) is 0 Å². The van der Waals surface area contributed by atoms with E-state index in [-0.39, 0.29) is 6.04 Å². The first kappa shape index (κ1) is 14.4. The predicted molar refractivity (Wildman–Crippen MR) is 85.7 cm³/mol. The molecule has 0 aromatic heterocycles. The van der Waals surface area contributed by atoms with E-state index in [1.807, 2.05) is 24.3 Å². The van der Waals surface area contributed by atoms with Crippen molar-refractivity contribution >= 4 is 27.1 Å². The summed E-state index contributed by atoms with van der Waals surface area (Å²) in [6.07, 6.45) is 3.19. The van der Waals surface area contributed by atoms with E-state index < -0.39 is 9.84 Å². The maximum atomic E-state index is 11.6. The van der Waals surface area contributed by atoms with E-state index in [1.54, 1.807) is 18.2 Å². The molecule has 0 saturated carbocycles. The third kappa shape index (κ3) is 3.06. The second-order valence-corrected chi connectivity index (χ2v) is 7.83. The van der Waals surface area contributed by atoms with E-state index in [1.165, 1.54) is 17.4 Å². The summed E-state index contributed by atoms with van der Waals surface area (Å²) in [5.74, 6) is 0. The van der Waals surface area contributed by atoms with E-state index >= 15 is 0 Å². The van der Waals surface area contributed by atoms with E-state index in [0.717, 1.165) is 23.6 Å². The monoisotopic (exact) mass is 321 g/mol. The van der Waals surface area contributed by atoms with Gasteiger partial charge in [-0.15, -0.1) is 0 Å².